The van der Waals surface area contributed by atoms with Crippen molar-refractivity contribution in [3.05, 3.63) is 70.9 Å². The third kappa shape index (κ3) is 3.14. The van der Waals surface area contributed by atoms with Gasteiger partial charge in [0.25, 0.3) is 0 Å². The fraction of sp³-hybridized carbons (Fsp3) is 0.0625. The van der Waals surface area contributed by atoms with E-state index < -0.39 is 0 Å². The highest BCUT2D eigenvalue weighted by molar-refractivity contribution is 5.59. The zero-order valence-electron chi connectivity index (χ0n) is 11.4. The molecule has 104 valence electrons. The van der Waals surface area contributed by atoms with E-state index in [1.165, 1.54) is 6.07 Å². The van der Waals surface area contributed by atoms with E-state index in [4.69, 9.17) is 4.74 Å². The Kier molecular flexibility index (Phi) is 3.47. The van der Waals surface area contributed by atoms with Gasteiger partial charge in [-0.15, -0.1) is 0 Å². The van der Waals surface area contributed by atoms with Crippen molar-refractivity contribution in [2.75, 3.05) is 0 Å². The van der Waals surface area contributed by atoms with E-state index in [-0.39, 0.29) is 11.6 Å². The lowest BCUT2D eigenvalue weighted by molar-refractivity contribution is 0.441. The van der Waals surface area contributed by atoms with Gasteiger partial charge in [0, 0.05) is 35.8 Å². The second-order valence-corrected chi connectivity index (χ2v) is 4.61. The van der Waals surface area contributed by atoms with Crippen LogP contribution in [0.2, 0.25) is 0 Å². The van der Waals surface area contributed by atoms with Crippen molar-refractivity contribution in [3.63, 3.8) is 0 Å². The van der Waals surface area contributed by atoms with E-state index >= 15 is 0 Å². The van der Waals surface area contributed by atoms with Crippen LogP contribution in [-0.4, -0.2) is 15.0 Å². The monoisotopic (exact) mass is 279 g/mol. The molecule has 2 aromatic heterocycles. The van der Waals surface area contributed by atoms with Crippen molar-refractivity contribution < 1.29 is 4.74 Å². The molecule has 0 aliphatic carbocycles. The average molecular weight is 279 g/mol. The van der Waals surface area contributed by atoms with Gasteiger partial charge in [0.2, 0.25) is 5.56 Å². The number of nitrogens with zero attached hydrogens (tertiary/aromatic N) is 2. The molecule has 0 bridgehead atoms. The highest BCUT2D eigenvalue weighted by atomic mass is 16.5. The molecular weight excluding hydrogens is 266 g/mol. The quantitative estimate of drug-likeness (QED) is 0.800. The summed E-state index contributed by atoms with van der Waals surface area (Å²) in [5, 5.41) is 0. The number of pyridine rings is 1. The minimum absolute atomic E-state index is 0.140. The number of H-pyrrole nitrogens is 1. The molecule has 0 aliphatic rings. The first kappa shape index (κ1) is 13.1. The van der Waals surface area contributed by atoms with Gasteiger partial charge in [-0.1, -0.05) is 12.1 Å². The van der Waals surface area contributed by atoms with E-state index in [0.717, 1.165) is 16.7 Å². The molecule has 0 saturated carbocycles. The van der Waals surface area contributed by atoms with Crippen molar-refractivity contribution in [2.45, 2.75) is 6.92 Å². The smallest absolute Gasteiger partial charge is 0.321 e. The largest absolute Gasteiger partial charge is 0.424 e. The Morgan fingerprint density at radius 1 is 1.05 bits per heavy atom. The maximum Gasteiger partial charge on any atom is 0.321 e. The number of rotatable bonds is 3. The summed E-state index contributed by atoms with van der Waals surface area (Å²) >= 11 is 0. The highest BCUT2D eigenvalue weighted by Gasteiger charge is 2.03. The van der Waals surface area contributed by atoms with Crippen LogP contribution in [0.4, 0.5) is 0 Å². The van der Waals surface area contributed by atoms with E-state index in [1.807, 2.05) is 31.2 Å². The third-order valence-corrected chi connectivity index (χ3v) is 2.94. The molecule has 3 aromatic rings. The first-order valence-corrected chi connectivity index (χ1v) is 6.46. The molecule has 3 rings (SSSR count). The van der Waals surface area contributed by atoms with Crippen LogP contribution >= 0.6 is 0 Å². The molecule has 0 amide bonds. The summed E-state index contributed by atoms with van der Waals surface area (Å²) in [5.74, 6) is 0.701. The van der Waals surface area contributed by atoms with Crippen molar-refractivity contribution >= 4 is 0 Å². The Balaban J connectivity index is 1.81. The predicted molar refractivity (Wildman–Crippen MR) is 79.3 cm³/mol. The van der Waals surface area contributed by atoms with E-state index in [0.29, 0.717) is 5.75 Å². The third-order valence-electron chi connectivity index (χ3n) is 2.94. The van der Waals surface area contributed by atoms with Gasteiger partial charge in [-0.3, -0.25) is 4.79 Å². The van der Waals surface area contributed by atoms with Crippen LogP contribution in [0.3, 0.4) is 0 Å². The average Bonchev–Trinajstić information content (AvgIpc) is 2.49. The molecule has 2 heterocycles. The Bertz CT molecular complexity index is 790. The molecule has 1 aromatic carbocycles. The standard InChI is InChI=1S/C16H13N3O2/c1-11-3-2-4-14(7-11)21-16-18-9-13(10-19-16)12-5-6-15(20)17-8-12/h2-10H,1H3,(H,17,20). The lowest BCUT2D eigenvalue weighted by atomic mass is 10.2. The number of hydrogen-bond donors (Lipinski definition) is 1. The Hall–Kier alpha value is -2.95. The molecule has 0 fully saturated rings. The normalized spacial score (nSPS) is 10.3. The lowest BCUT2D eigenvalue weighted by Crippen LogP contribution is -2.01. The molecular formula is C16H13N3O2. The van der Waals surface area contributed by atoms with Crippen LogP contribution < -0.4 is 10.3 Å². The molecule has 5 nitrogen and oxygen atoms in total. The summed E-state index contributed by atoms with van der Waals surface area (Å²) in [4.78, 5) is 22.0. The second kappa shape index (κ2) is 5.58. The predicted octanol–water partition coefficient (Wildman–Crippen LogP) is 2.93. The van der Waals surface area contributed by atoms with E-state index in [9.17, 15) is 4.79 Å². The number of aryl methyl sites for hydroxylation is 1. The molecule has 0 aliphatic heterocycles. The molecule has 5 heteroatoms. The zero-order chi connectivity index (χ0) is 14.7. The van der Waals surface area contributed by atoms with Crippen molar-refractivity contribution in [1.82, 2.24) is 15.0 Å². The van der Waals surface area contributed by atoms with Crippen LogP contribution in [0, 0.1) is 6.92 Å². The number of aromatic amines is 1. The summed E-state index contributed by atoms with van der Waals surface area (Å²) in [6, 6.07) is 11.1. The van der Waals surface area contributed by atoms with Crippen LogP contribution in [0.5, 0.6) is 11.8 Å². The summed E-state index contributed by atoms with van der Waals surface area (Å²) < 4.78 is 5.59. The van der Waals surface area contributed by atoms with Gasteiger partial charge in [0.15, 0.2) is 0 Å². The molecule has 1 N–H and O–H groups in total. The topological polar surface area (TPSA) is 67.9 Å². The molecule has 0 spiro atoms. The van der Waals surface area contributed by atoms with Gasteiger partial charge in [-0.25, -0.2) is 9.97 Å². The maximum absolute atomic E-state index is 11.0. The summed E-state index contributed by atoms with van der Waals surface area (Å²) in [5.41, 5.74) is 2.62. The van der Waals surface area contributed by atoms with Crippen molar-refractivity contribution in [1.29, 1.82) is 0 Å². The second-order valence-electron chi connectivity index (χ2n) is 4.61. The maximum atomic E-state index is 11.0. The Labute approximate surface area is 121 Å². The molecule has 0 radical (unpaired) electrons. The number of nitrogens with one attached hydrogen (secondary N) is 1. The lowest BCUT2D eigenvalue weighted by Gasteiger charge is -2.05. The van der Waals surface area contributed by atoms with Gasteiger partial charge in [-0.05, 0) is 30.7 Å². The fourth-order valence-electron chi connectivity index (χ4n) is 1.89. The van der Waals surface area contributed by atoms with Crippen molar-refractivity contribution in [2.24, 2.45) is 0 Å². The number of aromatic nitrogens is 3. The van der Waals surface area contributed by atoms with Crippen LogP contribution in [-0.2, 0) is 0 Å². The Morgan fingerprint density at radius 3 is 2.52 bits per heavy atom. The molecule has 0 atom stereocenters. The number of ether oxygens (including phenoxy) is 1. The van der Waals surface area contributed by atoms with Gasteiger partial charge in [0.1, 0.15) is 5.75 Å². The highest BCUT2D eigenvalue weighted by Crippen LogP contribution is 2.20. The van der Waals surface area contributed by atoms with Gasteiger partial charge >= 0.3 is 6.01 Å². The van der Waals surface area contributed by atoms with Crippen LogP contribution in [0.25, 0.3) is 11.1 Å². The van der Waals surface area contributed by atoms with Gasteiger partial charge in [-0.2, -0.15) is 0 Å². The van der Waals surface area contributed by atoms with Crippen LogP contribution in [0.1, 0.15) is 5.56 Å². The first-order valence-electron chi connectivity index (χ1n) is 6.46. The Morgan fingerprint density at radius 2 is 1.86 bits per heavy atom. The van der Waals surface area contributed by atoms with E-state index in [1.54, 1.807) is 24.7 Å². The van der Waals surface area contributed by atoms with Gasteiger partial charge in [0.05, 0.1) is 0 Å². The van der Waals surface area contributed by atoms with Gasteiger partial charge < -0.3 is 9.72 Å². The zero-order valence-corrected chi connectivity index (χ0v) is 11.4. The minimum atomic E-state index is -0.140. The summed E-state index contributed by atoms with van der Waals surface area (Å²) in [6.07, 6.45) is 4.94. The fourth-order valence-corrected chi connectivity index (χ4v) is 1.89. The molecule has 0 saturated heterocycles. The first-order chi connectivity index (χ1) is 10.2. The summed E-state index contributed by atoms with van der Waals surface area (Å²) in [7, 11) is 0. The minimum Gasteiger partial charge on any atom is -0.424 e. The molecule has 0 unspecified atom stereocenters. The van der Waals surface area contributed by atoms with E-state index in [2.05, 4.69) is 15.0 Å². The van der Waals surface area contributed by atoms with Crippen LogP contribution in [0.15, 0.2) is 59.8 Å². The number of benzene rings is 1. The summed E-state index contributed by atoms with van der Waals surface area (Å²) in [6.45, 7) is 1.99. The number of hydrogen-bond acceptors (Lipinski definition) is 4. The van der Waals surface area contributed by atoms with Crippen molar-refractivity contribution in [3.8, 4) is 22.9 Å². The SMILES string of the molecule is Cc1cccc(Oc2ncc(-c3ccc(=O)[nH]c3)cn2)c1. The molecule has 21 heavy (non-hydrogen) atoms.